The molecule has 1 aromatic rings. The van der Waals surface area contributed by atoms with Gasteiger partial charge in [-0.15, -0.1) is 0 Å². The van der Waals surface area contributed by atoms with E-state index in [0.29, 0.717) is 11.1 Å². The van der Waals surface area contributed by atoms with Gasteiger partial charge in [-0.25, -0.2) is 0 Å². The van der Waals surface area contributed by atoms with Crippen molar-refractivity contribution in [2.24, 2.45) is 12.5 Å². The molecule has 5 heteroatoms. The van der Waals surface area contributed by atoms with Crippen LogP contribution in [0.15, 0.2) is 12.3 Å². The predicted octanol–water partition coefficient (Wildman–Crippen LogP) is 1.37. The van der Waals surface area contributed by atoms with Gasteiger partial charge >= 0.3 is 0 Å². The Morgan fingerprint density at radius 2 is 2.00 bits per heavy atom. The van der Waals surface area contributed by atoms with E-state index in [0.717, 1.165) is 32.0 Å². The Bertz CT molecular complexity index is 492. The Morgan fingerprint density at radius 3 is 2.50 bits per heavy atom. The Kier molecular flexibility index (Phi) is 3.32. The zero-order valence-corrected chi connectivity index (χ0v) is 12.7. The molecule has 0 unspecified atom stereocenters. The van der Waals surface area contributed by atoms with E-state index in [4.69, 9.17) is 0 Å². The molecule has 20 heavy (non-hydrogen) atoms. The Hall–Kier alpha value is -1.36. The summed E-state index contributed by atoms with van der Waals surface area (Å²) in [5.74, 6) is 0.128. The van der Waals surface area contributed by atoms with Crippen LogP contribution in [-0.2, 0) is 7.05 Å². The average Bonchev–Trinajstić information content (AvgIpc) is 2.81. The van der Waals surface area contributed by atoms with E-state index < -0.39 is 0 Å². The molecule has 5 nitrogen and oxygen atoms in total. The van der Waals surface area contributed by atoms with Gasteiger partial charge in [0.15, 0.2) is 0 Å². The van der Waals surface area contributed by atoms with Crippen LogP contribution in [0.2, 0.25) is 0 Å². The highest BCUT2D eigenvalue weighted by atomic mass is 16.2. The molecule has 1 saturated carbocycles. The van der Waals surface area contributed by atoms with Crippen LogP contribution in [0.1, 0.15) is 36.2 Å². The van der Waals surface area contributed by atoms with E-state index in [1.807, 2.05) is 11.9 Å². The normalized spacial score (nSPS) is 22.3. The standard InChI is InChI=1S/C15H24N4O/c1-17(2)12-10-15(11-12)5-8-19(9-6-15)14(20)13-4-7-16-18(13)3/h4,7,12H,5-6,8-11H2,1-3H3. The maximum absolute atomic E-state index is 12.4. The fraction of sp³-hybridized carbons (Fsp3) is 0.733. The van der Waals surface area contributed by atoms with E-state index in [-0.39, 0.29) is 5.91 Å². The molecular formula is C15H24N4O. The number of carbonyl (C=O) groups excluding carboxylic acids is 1. The Labute approximate surface area is 120 Å². The number of piperidine rings is 1. The van der Waals surface area contributed by atoms with Gasteiger partial charge in [0.1, 0.15) is 5.69 Å². The summed E-state index contributed by atoms with van der Waals surface area (Å²) in [5.41, 5.74) is 1.21. The van der Waals surface area contributed by atoms with Gasteiger partial charge in [-0.3, -0.25) is 9.48 Å². The third-order valence-corrected chi connectivity index (χ3v) is 5.22. The quantitative estimate of drug-likeness (QED) is 0.819. The number of aryl methyl sites for hydroxylation is 1. The number of likely N-dealkylation sites (tertiary alicyclic amines) is 1. The van der Waals surface area contributed by atoms with Crippen molar-refractivity contribution in [3.05, 3.63) is 18.0 Å². The lowest BCUT2D eigenvalue weighted by Gasteiger charge is -2.54. The van der Waals surface area contributed by atoms with Crippen molar-refractivity contribution in [1.82, 2.24) is 19.6 Å². The molecule has 2 aliphatic rings. The maximum Gasteiger partial charge on any atom is 0.272 e. The van der Waals surface area contributed by atoms with Gasteiger partial charge in [-0.1, -0.05) is 0 Å². The fourth-order valence-corrected chi connectivity index (χ4v) is 3.64. The topological polar surface area (TPSA) is 41.4 Å². The minimum absolute atomic E-state index is 0.128. The lowest BCUT2D eigenvalue weighted by Crippen LogP contribution is -2.54. The maximum atomic E-state index is 12.4. The fourth-order valence-electron chi connectivity index (χ4n) is 3.64. The predicted molar refractivity (Wildman–Crippen MR) is 77.5 cm³/mol. The number of hydrogen-bond acceptors (Lipinski definition) is 3. The summed E-state index contributed by atoms with van der Waals surface area (Å²) < 4.78 is 1.66. The lowest BCUT2D eigenvalue weighted by atomic mass is 9.60. The monoisotopic (exact) mass is 276 g/mol. The summed E-state index contributed by atoms with van der Waals surface area (Å²) in [4.78, 5) is 16.8. The van der Waals surface area contributed by atoms with Gasteiger partial charge in [0, 0.05) is 32.4 Å². The molecule has 0 N–H and O–H groups in total. The van der Waals surface area contributed by atoms with Crippen molar-refractivity contribution in [2.75, 3.05) is 27.2 Å². The zero-order chi connectivity index (χ0) is 14.3. The molecule has 1 amide bonds. The van der Waals surface area contributed by atoms with E-state index in [1.165, 1.54) is 12.8 Å². The minimum Gasteiger partial charge on any atom is -0.337 e. The van der Waals surface area contributed by atoms with Crippen molar-refractivity contribution < 1.29 is 4.79 Å². The molecule has 0 radical (unpaired) electrons. The molecule has 1 spiro atoms. The summed E-state index contributed by atoms with van der Waals surface area (Å²) in [6.07, 6.45) is 6.59. The molecule has 110 valence electrons. The molecular weight excluding hydrogens is 252 g/mol. The number of aromatic nitrogens is 2. The molecule has 0 atom stereocenters. The first-order valence-corrected chi connectivity index (χ1v) is 7.44. The number of carbonyl (C=O) groups is 1. The van der Waals surface area contributed by atoms with Crippen LogP contribution in [0.3, 0.4) is 0 Å². The van der Waals surface area contributed by atoms with E-state index in [9.17, 15) is 4.79 Å². The third kappa shape index (κ3) is 2.24. The van der Waals surface area contributed by atoms with Gasteiger partial charge in [-0.2, -0.15) is 5.10 Å². The van der Waals surface area contributed by atoms with Crippen LogP contribution in [0.25, 0.3) is 0 Å². The highest BCUT2D eigenvalue weighted by Crippen LogP contribution is 2.50. The molecule has 1 aliphatic carbocycles. The summed E-state index contributed by atoms with van der Waals surface area (Å²) in [6.45, 7) is 1.79. The number of nitrogens with zero attached hydrogens (tertiary/aromatic N) is 4. The average molecular weight is 276 g/mol. The summed E-state index contributed by atoms with van der Waals surface area (Å²) in [7, 11) is 6.16. The molecule has 2 heterocycles. The number of hydrogen-bond donors (Lipinski definition) is 0. The Morgan fingerprint density at radius 1 is 1.35 bits per heavy atom. The second kappa shape index (κ2) is 4.88. The summed E-state index contributed by atoms with van der Waals surface area (Å²) >= 11 is 0. The van der Waals surface area contributed by atoms with Gasteiger partial charge in [0.05, 0.1) is 0 Å². The molecule has 1 aromatic heterocycles. The van der Waals surface area contributed by atoms with E-state index >= 15 is 0 Å². The van der Waals surface area contributed by atoms with Gasteiger partial charge in [0.25, 0.3) is 5.91 Å². The van der Waals surface area contributed by atoms with E-state index in [2.05, 4.69) is 24.1 Å². The molecule has 3 rings (SSSR count). The van der Waals surface area contributed by atoms with Gasteiger partial charge in [0.2, 0.25) is 0 Å². The number of amides is 1. The SMILES string of the molecule is CN(C)C1CC2(CCN(C(=O)c3ccnn3C)CC2)C1. The Balaban J connectivity index is 1.57. The van der Waals surface area contributed by atoms with Gasteiger partial charge < -0.3 is 9.80 Å². The number of rotatable bonds is 2. The molecule has 1 saturated heterocycles. The highest BCUT2D eigenvalue weighted by Gasteiger charge is 2.47. The van der Waals surface area contributed by atoms with Crippen LogP contribution in [0.5, 0.6) is 0 Å². The first-order chi connectivity index (χ1) is 9.51. The largest absolute Gasteiger partial charge is 0.337 e. The molecule has 2 fully saturated rings. The van der Waals surface area contributed by atoms with Crippen molar-refractivity contribution >= 4 is 5.91 Å². The van der Waals surface area contributed by atoms with Crippen molar-refractivity contribution in [3.8, 4) is 0 Å². The van der Waals surface area contributed by atoms with Crippen LogP contribution in [-0.4, -0.2) is 58.7 Å². The second-order valence-electron chi connectivity index (χ2n) is 6.66. The van der Waals surface area contributed by atoms with E-state index in [1.54, 1.807) is 16.9 Å². The smallest absolute Gasteiger partial charge is 0.272 e. The first kappa shape index (κ1) is 13.6. The minimum atomic E-state index is 0.128. The van der Waals surface area contributed by atoms with Crippen LogP contribution < -0.4 is 0 Å². The zero-order valence-electron chi connectivity index (χ0n) is 12.7. The summed E-state index contributed by atoms with van der Waals surface area (Å²) in [6, 6.07) is 2.55. The van der Waals surface area contributed by atoms with Gasteiger partial charge in [-0.05, 0) is 51.3 Å². The van der Waals surface area contributed by atoms with Crippen molar-refractivity contribution in [1.29, 1.82) is 0 Å². The summed E-state index contributed by atoms with van der Waals surface area (Å²) in [5, 5.41) is 4.08. The third-order valence-electron chi connectivity index (χ3n) is 5.22. The molecule has 0 bridgehead atoms. The van der Waals surface area contributed by atoms with Crippen LogP contribution in [0, 0.1) is 5.41 Å². The van der Waals surface area contributed by atoms with Crippen molar-refractivity contribution in [3.63, 3.8) is 0 Å². The second-order valence-corrected chi connectivity index (χ2v) is 6.66. The highest BCUT2D eigenvalue weighted by molar-refractivity contribution is 5.92. The molecule has 1 aliphatic heterocycles. The molecule has 0 aromatic carbocycles. The van der Waals surface area contributed by atoms with Crippen molar-refractivity contribution in [2.45, 2.75) is 31.7 Å². The lowest BCUT2D eigenvalue weighted by molar-refractivity contribution is -0.0233. The first-order valence-electron chi connectivity index (χ1n) is 7.44. The van der Waals surface area contributed by atoms with Crippen LogP contribution >= 0.6 is 0 Å². The van der Waals surface area contributed by atoms with Crippen LogP contribution in [0.4, 0.5) is 0 Å².